The number of aromatic nitrogens is 2. The molecule has 0 unspecified atom stereocenters. The molecule has 1 N–H and O–H groups in total. The first-order chi connectivity index (χ1) is 17.7. The van der Waals surface area contributed by atoms with Gasteiger partial charge in [0.15, 0.2) is 5.16 Å². The summed E-state index contributed by atoms with van der Waals surface area (Å²) in [5.41, 5.74) is 2.09. The molecule has 0 fully saturated rings. The minimum Gasteiger partial charge on any atom is -0.497 e. The Kier molecular flexibility index (Phi) is 9.52. The van der Waals surface area contributed by atoms with E-state index in [0.717, 1.165) is 22.7 Å². The molecule has 3 rings (SSSR count). The third kappa shape index (κ3) is 7.22. The maximum Gasteiger partial charge on any atom is 0.250 e. The number of carbonyl (C=O) groups is 2. The van der Waals surface area contributed by atoms with Crippen molar-refractivity contribution in [2.75, 3.05) is 25.3 Å². The van der Waals surface area contributed by atoms with Crippen LogP contribution in [0.5, 0.6) is 11.5 Å². The predicted molar refractivity (Wildman–Crippen MR) is 146 cm³/mol. The Morgan fingerprint density at radius 1 is 0.946 bits per heavy atom. The van der Waals surface area contributed by atoms with Crippen LogP contribution in [-0.4, -0.2) is 52.2 Å². The summed E-state index contributed by atoms with van der Waals surface area (Å²) in [6, 6.07) is 16.5. The molecule has 9 heteroatoms. The topological polar surface area (TPSA) is 93.7 Å². The van der Waals surface area contributed by atoms with E-state index in [1.165, 1.54) is 11.8 Å². The smallest absolute Gasteiger partial charge is 0.250 e. The molecule has 1 heterocycles. The minimum atomic E-state index is -1.11. The van der Waals surface area contributed by atoms with Crippen molar-refractivity contribution in [1.29, 1.82) is 0 Å². The Balaban J connectivity index is 1.88. The van der Waals surface area contributed by atoms with Crippen molar-refractivity contribution in [3.8, 4) is 11.5 Å². The third-order valence-corrected chi connectivity index (χ3v) is 7.04. The quantitative estimate of drug-likeness (QED) is 0.279. The number of benzene rings is 2. The lowest BCUT2D eigenvalue weighted by Crippen LogP contribution is -2.57. The van der Waals surface area contributed by atoms with Gasteiger partial charge in [-0.25, -0.2) is 9.97 Å². The number of hydrogen-bond donors (Lipinski definition) is 1. The first-order valence-electron chi connectivity index (χ1n) is 12.0. The zero-order valence-corrected chi connectivity index (χ0v) is 23.0. The van der Waals surface area contributed by atoms with Crippen molar-refractivity contribution < 1.29 is 19.1 Å². The second-order valence-electron chi connectivity index (χ2n) is 8.86. The summed E-state index contributed by atoms with van der Waals surface area (Å²) in [4.78, 5) is 37.8. The predicted octanol–water partition coefficient (Wildman–Crippen LogP) is 5.04. The second-order valence-corrected chi connectivity index (χ2v) is 9.80. The molecular weight excluding hydrogens is 488 g/mol. The van der Waals surface area contributed by atoms with Gasteiger partial charge in [-0.3, -0.25) is 9.59 Å². The summed E-state index contributed by atoms with van der Waals surface area (Å²) >= 11 is 1.27. The summed E-state index contributed by atoms with van der Waals surface area (Å²) in [7, 11) is 3.19. The first-order valence-corrected chi connectivity index (χ1v) is 13.0. The van der Waals surface area contributed by atoms with Crippen LogP contribution in [0.2, 0.25) is 0 Å². The molecule has 37 heavy (non-hydrogen) atoms. The van der Waals surface area contributed by atoms with Crippen LogP contribution in [0.15, 0.2) is 59.8 Å². The number of aryl methyl sites for hydroxylation is 2. The average Bonchev–Trinajstić information content (AvgIpc) is 2.90. The van der Waals surface area contributed by atoms with Crippen LogP contribution in [-0.2, 0) is 16.1 Å². The Labute approximate surface area is 222 Å². The lowest BCUT2D eigenvalue weighted by atomic mass is 9.93. The molecule has 2 aromatic carbocycles. The van der Waals surface area contributed by atoms with Crippen molar-refractivity contribution in [1.82, 2.24) is 14.9 Å². The monoisotopic (exact) mass is 522 g/mol. The van der Waals surface area contributed by atoms with Crippen LogP contribution >= 0.6 is 11.8 Å². The summed E-state index contributed by atoms with van der Waals surface area (Å²) in [5, 5.41) is 3.51. The lowest BCUT2D eigenvalue weighted by Gasteiger charge is -2.39. The molecule has 8 nitrogen and oxygen atoms in total. The fourth-order valence-electron chi connectivity index (χ4n) is 3.83. The van der Waals surface area contributed by atoms with Gasteiger partial charge in [-0.1, -0.05) is 30.8 Å². The molecule has 0 aliphatic rings. The van der Waals surface area contributed by atoms with Crippen molar-refractivity contribution in [2.45, 2.75) is 51.4 Å². The number of nitrogens with zero attached hydrogens (tertiary/aromatic N) is 3. The van der Waals surface area contributed by atoms with Gasteiger partial charge in [-0.05, 0) is 75.2 Å². The highest BCUT2D eigenvalue weighted by molar-refractivity contribution is 7.99. The summed E-state index contributed by atoms with van der Waals surface area (Å²) in [6.07, 6.45) is 0.418. The van der Waals surface area contributed by atoms with E-state index >= 15 is 0 Å². The van der Waals surface area contributed by atoms with Crippen molar-refractivity contribution in [2.24, 2.45) is 0 Å². The van der Waals surface area contributed by atoms with Gasteiger partial charge in [0.1, 0.15) is 17.0 Å². The summed E-state index contributed by atoms with van der Waals surface area (Å²) < 4.78 is 10.5. The van der Waals surface area contributed by atoms with Gasteiger partial charge in [0.25, 0.3) is 0 Å². The first kappa shape index (κ1) is 28.0. The number of amides is 2. The highest BCUT2D eigenvalue weighted by Crippen LogP contribution is 2.28. The van der Waals surface area contributed by atoms with Crippen molar-refractivity contribution in [3.63, 3.8) is 0 Å². The third-order valence-electron chi connectivity index (χ3n) is 6.21. The van der Waals surface area contributed by atoms with E-state index in [-0.39, 0.29) is 24.1 Å². The van der Waals surface area contributed by atoms with Gasteiger partial charge < -0.3 is 19.7 Å². The number of carbonyl (C=O) groups excluding carboxylic acids is 2. The SMILES string of the molecule is CC[C@](C)(C(=O)Nc1ccc(OC)cc1)N(Cc1ccc(OC)cc1)C(=O)CSc1nc(C)cc(C)n1. The van der Waals surface area contributed by atoms with Crippen LogP contribution in [0.25, 0.3) is 0 Å². The van der Waals surface area contributed by atoms with Gasteiger partial charge >= 0.3 is 0 Å². The van der Waals surface area contributed by atoms with E-state index in [9.17, 15) is 9.59 Å². The highest BCUT2D eigenvalue weighted by Gasteiger charge is 2.40. The number of nitrogens with one attached hydrogen (secondary N) is 1. The molecular formula is C28H34N4O4S. The Morgan fingerprint density at radius 2 is 1.49 bits per heavy atom. The number of hydrogen-bond acceptors (Lipinski definition) is 7. The number of methoxy groups -OCH3 is 2. The van der Waals surface area contributed by atoms with Gasteiger partial charge in [-0.15, -0.1) is 0 Å². The molecule has 1 aromatic heterocycles. The molecule has 0 bridgehead atoms. The fourth-order valence-corrected chi connectivity index (χ4v) is 4.65. The molecule has 2 amide bonds. The fraction of sp³-hybridized carbons (Fsp3) is 0.357. The van der Waals surface area contributed by atoms with Crippen molar-refractivity contribution in [3.05, 3.63) is 71.5 Å². The Bertz CT molecular complexity index is 1200. The van der Waals surface area contributed by atoms with Crippen LogP contribution in [0, 0.1) is 13.8 Å². The summed E-state index contributed by atoms with van der Waals surface area (Å²) in [5.74, 6) is 1.06. The maximum absolute atomic E-state index is 13.7. The number of thioether (sulfide) groups is 1. The Morgan fingerprint density at radius 3 is 2.00 bits per heavy atom. The van der Waals surface area contributed by atoms with Crippen LogP contribution in [0.4, 0.5) is 5.69 Å². The second kappa shape index (κ2) is 12.6. The normalized spacial score (nSPS) is 12.4. The highest BCUT2D eigenvalue weighted by atomic mass is 32.2. The minimum absolute atomic E-state index is 0.102. The molecule has 196 valence electrons. The molecule has 0 aliphatic carbocycles. The number of anilines is 1. The van der Waals surface area contributed by atoms with E-state index in [1.54, 1.807) is 50.3 Å². The maximum atomic E-state index is 13.7. The molecule has 3 aromatic rings. The standard InChI is InChI=1S/C28H34N4O4S/c1-7-28(4,26(34)31-22-10-14-24(36-6)15-11-22)32(17-21-8-12-23(35-5)13-9-21)25(33)18-37-27-29-19(2)16-20(3)30-27/h8-16H,7,17-18H2,1-6H3,(H,31,34)/t28-/m1/s1. The number of ether oxygens (including phenoxy) is 2. The van der Waals surface area contributed by atoms with E-state index in [1.807, 2.05) is 51.1 Å². The molecule has 0 aliphatic heterocycles. The van der Waals surface area contributed by atoms with E-state index in [0.29, 0.717) is 23.0 Å². The zero-order chi connectivity index (χ0) is 27.0. The largest absolute Gasteiger partial charge is 0.497 e. The molecule has 0 saturated heterocycles. The van der Waals surface area contributed by atoms with Gasteiger partial charge in [0, 0.05) is 23.6 Å². The molecule has 0 radical (unpaired) electrons. The Hall–Kier alpha value is -3.59. The van der Waals surface area contributed by atoms with Gasteiger partial charge in [-0.2, -0.15) is 0 Å². The summed E-state index contributed by atoms with van der Waals surface area (Å²) in [6.45, 7) is 7.76. The van der Waals surface area contributed by atoms with Gasteiger partial charge in [0.2, 0.25) is 11.8 Å². The lowest BCUT2D eigenvalue weighted by molar-refractivity contribution is -0.143. The average molecular weight is 523 g/mol. The van der Waals surface area contributed by atoms with Gasteiger partial charge in [0.05, 0.1) is 20.0 Å². The van der Waals surface area contributed by atoms with E-state index in [2.05, 4.69) is 15.3 Å². The van der Waals surface area contributed by atoms with Crippen LogP contribution in [0.3, 0.4) is 0 Å². The van der Waals surface area contributed by atoms with E-state index < -0.39 is 5.54 Å². The van der Waals surface area contributed by atoms with Crippen molar-refractivity contribution >= 4 is 29.3 Å². The van der Waals surface area contributed by atoms with Crippen LogP contribution in [0.1, 0.15) is 37.2 Å². The molecule has 1 atom stereocenters. The van der Waals surface area contributed by atoms with E-state index in [4.69, 9.17) is 9.47 Å². The molecule has 0 spiro atoms. The molecule has 0 saturated carbocycles. The number of rotatable bonds is 11. The zero-order valence-electron chi connectivity index (χ0n) is 22.2. The van der Waals surface area contributed by atoms with Crippen LogP contribution < -0.4 is 14.8 Å².